The van der Waals surface area contributed by atoms with E-state index >= 15 is 0 Å². The number of thioether (sulfide) groups is 1. The maximum Gasteiger partial charge on any atom is 0.352 e. The van der Waals surface area contributed by atoms with E-state index in [2.05, 4.69) is 6.92 Å². The van der Waals surface area contributed by atoms with Crippen molar-refractivity contribution in [1.82, 2.24) is 4.90 Å². The Morgan fingerprint density at radius 2 is 2.35 bits per heavy atom. The minimum atomic E-state index is -0.983. The molecule has 1 fully saturated rings. The van der Waals surface area contributed by atoms with Gasteiger partial charge in [0.1, 0.15) is 5.70 Å². The number of aliphatic carboxylic acids is 1. The van der Waals surface area contributed by atoms with E-state index in [4.69, 9.17) is 5.11 Å². The predicted octanol–water partition coefficient (Wildman–Crippen LogP) is 2.21. The third-order valence-electron chi connectivity index (χ3n) is 3.15. The van der Waals surface area contributed by atoms with Crippen molar-refractivity contribution in [3.05, 3.63) is 11.8 Å². The molecule has 0 spiro atoms. The van der Waals surface area contributed by atoms with Gasteiger partial charge < -0.3 is 5.11 Å². The monoisotopic (exact) mass is 255 g/mol. The van der Waals surface area contributed by atoms with Crippen molar-refractivity contribution in [2.45, 2.75) is 49.7 Å². The summed E-state index contributed by atoms with van der Waals surface area (Å²) >= 11 is 1.72. The molecule has 0 bridgehead atoms. The number of nitrogens with zero attached hydrogens (tertiary/aromatic N) is 1. The first-order valence-corrected chi connectivity index (χ1v) is 7.00. The van der Waals surface area contributed by atoms with E-state index in [0.29, 0.717) is 6.42 Å². The zero-order valence-corrected chi connectivity index (χ0v) is 10.7. The van der Waals surface area contributed by atoms with Gasteiger partial charge in [0.25, 0.3) is 0 Å². The Balaban J connectivity index is 2.03. The highest BCUT2D eigenvalue weighted by atomic mass is 32.2. The number of rotatable bonds is 5. The molecule has 94 valence electrons. The van der Waals surface area contributed by atoms with Crippen LogP contribution in [0.25, 0.3) is 0 Å². The topological polar surface area (TPSA) is 57.6 Å². The van der Waals surface area contributed by atoms with Crippen LogP contribution in [0.3, 0.4) is 0 Å². The van der Waals surface area contributed by atoms with Gasteiger partial charge in [0.15, 0.2) is 0 Å². The molecule has 1 unspecified atom stereocenters. The summed E-state index contributed by atoms with van der Waals surface area (Å²) in [6.07, 6.45) is 6.71. The minimum absolute atomic E-state index is 0.0604. The molecular formula is C12H17NO3S. The van der Waals surface area contributed by atoms with Crippen LogP contribution in [0.15, 0.2) is 11.8 Å². The third-order valence-corrected chi connectivity index (χ3v) is 4.57. The summed E-state index contributed by atoms with van der Waals surface area (Å²) in [6, 6.07) is 0. The lowest BCUT2D eigenvalue weighted by Gasteiger charge is -2.44. The second kappa shape index (κ2) is 5.12. The molecule has 1 saturated heterocycles. The van der Waals surface area contributed by atoms with Crippen LogP contribution in [0.4, 0.5) is 0 Å². The molecule has 0 saturated carbocycles. The molecule has 0 aromatic heterocycles. The molecule has 0 aromatic rings. The quantitative estimate of drug-likeness (QED) is 0.604. The highest BCUT2D eigenvalue weighted by Gasteiger charge is 2.45. The van der Waals surface area contributed by atoms with Crippen molar-refractivity contribution in [1.29, 1.82) is 0 Å². The largest absolute Gasteiger partial charge is 0.477 e. The molecule has 5 heteroatoms. The van der Waals surface area contributed by atoms with Crippen LogP contribution in [0.1, 0.15) is 39.0 Å². The Labute approximate surface area is 105 Å². The zero-order valence-electron chi connectivity index (χ0n) is 9.89. The Bertz CT molecular complexity index is 367. The van der Waals surface area contributed by atoms with Gasteiger partial charge in [-0.3, -0.25) is 9.69 Å². The average molecular weight is 255 g/mol. The Kier molecular flexibility index (Phi) is 3.76. The highest BCUT2D eigenvalue weighted by Crippen LogP contribution is 2.41. The second-order valence-corrected chi connectivity index (χ2v) is 5.87. The molecule has 4 nitrogen and oxygen atoms in total. The summed E-state index contributed by atoms with van der Waals surface area (Å²) in [5, 5.41) is 9.41. The van der Waals surface area contributed by atoms with Crippen LogP contribution in [0.5, 0.6) is 0 Å². The molecule has 17 heavy (non-hydrogen) atoms. The van der Waals surface area contributed by atoms with Crippen molar-refractivity contribution >= 4 is 23.6 Å². The normalized spacial score (nSPS) is 27.2. The Morgan fingerprint density at radius 1 is 1.59 bits per heavy atom. The lowest BCUT2D eigenvalue weighted by molar-refractivity contribution is -0.146. The molecule has 0 aromatic carbocycles. The van der Waals surface area contributed by atoms with E-state index in [1.807, 2.05) is 0 Å². The summed E-state index contributed by atoms with van der Waals surface area (Å²) in [5.41, 5.74) is 0.187. The molecule has 2 atom stereocenters. The van der Waals surface area contributed by atoms with E-state index in [0.717, 1.165) is 12.8 Å². The Morgan fingerprint density at radius 3 is 2.94 bits per heavy atom. The van der Waals surface area contributed by atoms with Crippen molar-refractivity contribution in [2.24, 2.45) is 0 Å². The first-order valence-electron chi connectivity index (χ1n) is 6.06. The van der Waals surface area contributed by atoms with Crippen LogP contribution in [0, 0.1) is 0 Å². The van der Waals surface area contributed by atoms with Crippen molar-refractivity contribution in [3.8, 4) is 0 Å². The molecule has 1 amide bonds. The van der Waals surface area contributed by atoms with Gasteiger partial charge in [-0.1, -0.05) is 26.2 Å². The first-order chi connectivity index (χ1) is 8.13. The minimum Gasteiger partial charge on any atom is -0.477 e. The van der Waals surface area contributed by atoms with Crippen LogP contribution in [-0.2, 0) is 9.59 Å². The maximum atomic E-state index is 11.4. The first kappa shape index (κ1) is 12.5. The predicted molar refractivity (Wildman–Crippen MR) is 66.5 cm³/mol. The molecule has 1 N–H and O–H groups in total. The fourth-order valence-corrected chi connectivity index (χ4v) is 3.71. The standard InChI is InChI=1S/C12H17NO3S/c1-2-3-4-5-8-6-9(12(15)16)13-10(14)7-11(13)17-8/h6,8,11H,2-5,7H2,1H3,(H,15,16)/t8?,11-/m1/s1. The molecule has 2 heterocycles. The fraction of sp³-hybridized carbons (Fsp3) is 0.667. The molecule has 0 aliphatic carbocycles. The van der Waals surface area contributed by atoms with Gasteiger partial charge >= 0.3 is 5.97 Å². The Hall–Kier alpha value is -0.970. The van der Waals surface area contributed by atoms with Crippen LogP contribution in [-0.4, -0.2) is 32.5 Å². The van der Waals surface area contributed by atoms with Crippen molar-refractivity contribution < 1.29 is 14.7 Å². The summed E-state index contributed by atoms with van der Waals surface area (Å²) in [4.78, 5) is 23.9. The smallest absolute Gasteiger partial charge is 0.352 e. The number of amides is 1. The summed E-state index contributed by atoms with van der Waals surface area (Å²) < 4.78 is 0. The van der Waals surface area contributed by atoms with E-state index < -0.39 is 5.97 Å². The SMILES string of the molecule is CCCCCC1C=C(C(=O)O)N2C(=O)C[C@H]2S1. The van der Waals surface area contributed by atoms with Gasteiger partial charge in [0.2, 0.25) is 5.91 Å². The molecule has 2 aliphatic heterocycles. The van der Waals surface area contributed by atoms with Gasteiger partial charge in [0.05, 0.1) is 11.8 Å². The summed E-state index contributed by atoms with van der Waals surface area (Å²) in [6.45, 7) is 2.15. The number of carboxylic acid groups (broad SMARTS) is 1. The maximum absolute atomic E-state index is 11.4. The third kappa shape index (κ3) is 2.49. The number of β-lactam (4-membered cyclic amide) rings is 1. The zero-order chi connectivity index (χ0) is 12.4. The van der Waals surface area contributed by atoms with Crippen molar-refractivity contribution in [2.75, 3.05) is 0 Å². The van der Waals surface area contributed by atoms with Gasteiger partial charge in [-0.2, -0.15) is 0 Å². The van der Waals surface area contributed by atoms with E-state index in [1.54, 1.807) is 17.8 Å². The lowest BCUT2D eigenvalue weighted by Crippen LogP contribution is -2.54. The number of hydrogen-bond acceptors (Lipinski definition) is 3. The van der Waals surface area contributed by atoms with Crippen LogP contribution < -0.4 is 0 Å². The lowest BCUT2D eigenvalue weighted by atomic mass is 10.1. The number of carbonyl (C=O) groups excluding carboxylic acids is 1. The number of unbranched alkanes of at least 4 members (excludes halogenated alkanes) is 2. The summed E-state index contributed by atoms with van der Waals surface area (Å²) in [7, 11) is 0. The molecule has 2 rings (SSSR count). The van der Waals surface area contributed by atoms with Gasteiger partial charge in [-0.05, 0) is 12.5 Å². The fourth-order valence-electron chi connectivity index (χ4n) is 2.20. The van der Waals surface area contributed by atoms with Gasteiger partial charge in [-0.15, -0.1) is 11.8 Å². The van der Waals surface area contributed by atoms with E-state index in [-0.39, 0.29) is 22.2 Å². The summed E-state index contributed by atoms with van der Waals surface area (Å²) in [5.74, 6) is -1.05. The number of fused-ring (bicyclic) bond motifs is 1. The number of carbonyl (C=O) groups is 2. The number of carboxylic acids is 1. The second-order valence-electron chi connectivity index (χ2n) is 4.45. The molecule has 0 radical (unpaired) electrons. The van der Waals surface area contributed by atoms with Gasteiger partial charge in [0, 0.05) is 5.25 Å². The van der Waals surface area contributed by atoms with Gasteiger partial charge in [-0.25, -0.2) is 4.79 Å². The van der Waals surface area contributed by atoms with Crippen LogP contribution in [0.2, 0.25) is 0 Å². The average Bonchev–Trinajstić information content (AvgIpc) is 2.27. The molecular weight excluding hydrogens is 238 g/mol. The van der Waals surface area contributed by atoms with E-state index in [9.17, 15) is 9.59 Å². The number of hydrogen-bond donors (Lipinski definition) is 1. The molecule has 2 aliphatic rings. The highest BCUT2D eigenvalue weighted by molar-refractivity contribution is 8.00. The van der Waals surface area contributed by atoms with E-state index in [1.165, 1.54) is 17.7 Å². The van der Waals surface area contributed by atoms with Crippen molar-refractivity contribution in [3.63, 3.8) is 0 Å². The van der Waals surface area contributed by atoms with Crippen LogP contribution >= 0.6 is 11.8 Å².